The third-order valence-electron chi connectivity index (χ3n) is 4.97. The molecule has 1 spiro atoms. The molecule has 28 heavy (non-hydrogen) atoms. The molecular formula is C18H21F4NO4S. The average Bonchev–Trinajstić information content (AvgIpc) is 2.54. The van der Waals surface area contributed by atoms with Crippen LogP contribution in [0.1, 0.15) is 39.2 Å². The van der Waals surface area contributed by atoms with Crippen molar-refractivity contribution in [3.05, 3.63) is 35.7 Å². The molecule has 3 rings (SSSR count). The molecule has 10 heteroatoms. The minimum absolute atomic E-state index is 0.123. The molecule has 0 radical (unpaired) electrons. The summed E-state index contributed by atoms with van der Waals surface area (Å²) >= 11 is 0. The van der Waals surface area contributed by atoms with Crippen LogP contribution < -0.4 is 4.74 Å². The summed E-state index contributed by atoms with van der Waals surface area (Å²) in [5.41, 5.74) is -7.03. The number of hydrogen-bond donors (Lipinski definition) is 0. The molecule has 0 atom stereocenters. The predicted molar refractivity (Wildman–Crippen MR) is 94.4 cm³/mol. The van der Waals surface area contributed by atoms with Gasteiger partial charge in [0.25, 0.3) is 0 Å². The Morgan fingerprint density at radius 3 is 2.29 bits per heavy atom. The van der Waals surface area contributed by atoms with Gasteiger partial charge in [0.15, 0.2) is 17.3 Å². The van der Waals surface area contributed by atoms with E-state index in [-0.39, 0.29) is 16.9 Å². The van der Waals surface area contributed by atoms with Crippen LogP contribution in [-0.4, -0.2) is 43.1 Å². The number of alkyl halides is 3. The second kappa shape index (κ2) is 6.62. The Balaban J connectivity index is 2.00. The Morgan fingerprint density at radius 2 is 1.75 bits per heavy atom. The van der Waals surface area contributed by atoms with Gasteiger partial charge < -0.3 is 8.92 Å². The lowest BCUT2D eigenvalue weighted by atomic mass is 9.85. The molecule has 0 unspecified atom stereocenters. The van der Waals surface area contributed by atoms with Gasteiger partial charge in [-0.05, 0) is 32.9 Å². The number of halogens is 4. The number of nitrogens with zero attached hydrogens (tertiary/aromatic N) is 1. The second-order valence-corrected chi connectivity index (χ2v) is 9.47. The molecule has 1 aromatic carbocycles. The van der Waals surface area contributed by atoms with E-state index in [9.17, 15) is 26.0 Å². The molecule has 0 amide bonds. The van der Waals surface area contributed by atoms with Crippen LogP contribution in [0.25, 0.3) is 5.76 Å². The van der Waals surface area contributed by atoms with E-state index in [0.29, 0.717) is 25.9 Å². The Morgan fingerprint density at radius 1 is 1.14 bits per heavy atom. The van der Waals surface area contributed by atoms with Gasteiger partial charge in [-0.15, -0.1) is 0 Å². The normalized spacial score (nSPS) is 20.3. The monoisotopic (exact) mass is 423 g/mol. The lowest BCUT2D eigenvalue weighted by Crippen LogP contribution is -2.53. The second-order valence-electron chi connectivity index (χ2n) is 7.93. The first-order valence-corrected chi connectivity index (χ1v) is 10.1. The molecule has 2 aliphatic rings. The van der Waals surface area contributed by atoms with Crippen molar-refractivity contribution in [1.82, 2.24) is 4.90 Å². The number of benzene rings is 1. The van der Waals surface area contributed by atoms with Gasteiger partial charge in [0.1, 0.15) is 5.60 Å². The van der Waals surface area contributed by atoms with Gasteiger partial charge in [-0.3, -0.25) is 4.90 Å². The van der Waals surface area contributed by atoms with Crippen LogP contribution in [0.5, 0.6) is 5.75 Å². The number of rotatable bonds is 2. The van der Waals surface area contributed by atoms with E-state index in [4.69, 9.17) is 4.74 Å². The van der Waals surface area contributed by atoms with Crippen molar-refractivity contribution in [2.45, 2.75) is 50.3 Å². The number of para-hydroxylation sites is 1. The Labute approximate surface area is 161 Å². The lowest BCUT2D eigenvalue weighted by Gasteiger charge is -2.46. The Hall–Kier alpha value is -1.81. The van der Waals surface area contributed by atoms with Gasteiger partial charge in [0.2, 0.25) is 0 Å². The molecule has 0 N–H and O–H groups in total. The molecule has 0 bridgehead atoms. The van der Waals surface area contributed by atoms with E-state index in [1.807, 2.05) is 20.8 Å². The summed E-state index contributed by atoms with van der Waals surface area (Å²) in [5, 5.41) is 0. The standard InChI is InChI=1S/C18H21F4NO4S/c1-16(2,3)23-9-7-17(8-10-23)11-14(27-28(24,25)18(20,21)22)12-5-4-6-13(19)15(12)26-17/h4-6,11H,7-10H2,1-3H3. The molecule has 1 saturated heterocycles. The summed E-state index contributed by atoms with van der Waals surface area (Å²) in [4.78, 5) is 2.17. The molecular weight excluding hydrogens is 402 g/mol. The van der Waals surface area contributed by atoms with Crippen molar-refractivity contribution in [2.24, 2.45) is 0 Å². The number of likely N-dealkylation sites (tertiary alicyclic amines) is 1. The van der Waals surface area contributed by atoms with E-state index in [2.05, 4.69) is 9.08 Å². The molecule has 0 saturated carbocycles. The zero-order chi connectivity index (χ0) is 21.0. The first-order valence-electron chi connectivity index (χ1n) is 8.71. The van der Waals surface area contributed by atoms with Gasteiger partial charge in [-0.1, -0.05) is 6.07 Å². The summed E-state index contributed by atoms with van der Waals surface area (Å²) < 4.78 is 86.1. The summed E-state index contributed by atoms with van der Waals surface area (Å²) in [6.45, 7) is 7.18. The highest BCUT2D eigenvalue weighted by Crippen LogP contribution is 2.44. The van der Waals surface area contributed by atoms with Crippen molar-refractivity contribution in [2.75, 3.05) is 13.1 Å². The Bertz CT molecular complexity index is 895. The number of hydrogen-bond acceptors (Lipinski definition) is 5. The van der Waals surface area contributed by atoms with E-state index in [1.165, 1.54) is 18.2 Å². The van der Waals surface area contributed by atoms with Gasteiger partial charge in [0.05, 0.1) is 5.56 Å². The van der Waals surface area contributed by atoms with Gasteiger partial charge >= 0.3 is 15.6 Å². The SMILES string of the molecule is CC(C)(C)N1CCC2(C=C(OS(=O)(=O)C(F)(F)F)c3cccc(F)c3O2)CC1. The first kappa shape index (κ1) is 20.9. The molecule has 156 valence electrons. The first-order chi connectivity index (χ1) is 12.7. The molecule has 2 aliphatic heterocycles. The third kappa shape index (κ3) is 3.84. The van der Waals surface area contributed by atoms with Crippen molar-refractivity contribution in [3.63, 3.8) is 0 Å². The molecule has 0 aromatic heterocycles. The predicted octanol–water partition coefficient (Wildman–Crippen LogP) is 4.06. The molecule has 0 aliphatic carbocycles. The van der Waals surface area contributed by atoms with Crippen LogP contribution in [-0.2, 0) is 14.3 Å². The topological polar surface area (TPSA) is 55.8 Å². The number of ether oxygens (including phenoxy) is 1. The molecule has 1 aromatic rings. The highest BCUT2D eigenvalue weighted by atomic mass is 32.2. The zero-order valence-corrected chi connectivity index (χ0v) is 16.5. The van der Waals surface area contributed by atoms with Crippen molar-refractivity contribution >= 4 is 15.9 Å². The van der Waals surface area contributed by atoms with Crippen LogP contribution in [0.15, 0.2) is 24.3 Å². The summed E-state index contributed by atoms with van der Waals surface area (Å²) in [6, 6.07) is 3.60. The molecule has 1 fully saturated rings. The minimum Gasteiger partial charge on any atom is -0.479 e. The maximum Gasteiger partial charge on any atom is 0.534 e. The third-order valence-corrected chi connectivity index (χ3v) is 5.94. The minimum atomic E-state index is -5.90. The fraction of sp³-hybridized carbons (Fsp3) is 0.556. The van der Waals surface area contributed by atoms with Crippen LogP contribution in [0.3, 0.4) is 0 Å². The summed E-state index contributed by atoms with van der Waals surface area (Å²) in [7, 11) is -5.90. The van der Waals surface area contributed by atoms with Crippen molar-refractivity contribution in [1.29, 1.82) is 0 Å². The smallest absolute Gasteiger partial charge is 0.479 e. The maximum absolute atomic E-state index is 14.3. The van der Waals surface area contributed by atoms with Crippen LogP contribution in [0.2, 0.25) is 0 Å². The van der Waals surface area contributed by atoms with Crippen LogP contribution >= 0.6 is 0 Å². The highest BCUT2D eigenvalue weighted by molar-refractivity contribution is 7.87. The van der Waals surface area contributed by atoms with Crippen LogP contribution in [0, 0.1) is 5.82 Å². The fourth-order valence-corrected chi connectivity index (χ4v) is 3.86. The summed E-state index contributed by atoms with van der Waals surface area (Å²) in [5.74, 6) is -1.67. The van der Waals surface area contributed by atoms with Gasteiger partial charge in [-0.2, -0.15) is 21.6 Å². The number of fused-ring (bicyclic) bond motifs is 1. The van der Waals surface area contributed by atoms with Crippen molar-refractivity contribution in [3.8, 4) is 5.75 Å². The fourth-order valence-electron chi connectivity index (χ4n) is 3.39. The van der Waals surface area contributed by atoms with E-state index >= 15 is 0 Å². The molecule has 5 nitrogen and oxygen atoms in total. The summed E-state index contributed by atoms with van der Waals surface area (Å²) in [6.07, 6.45) is 1.92. The van der Waals surface area contributed by atoms with Crippen LogP contribution in [0.4, 0.5) is 17.6 Å². The van der Waals surface area contributed by atoms with Crippen molar-refractivity contribution < 1.29 is 34.9 Å². The zero-order valence-electron chi connectivity index (χ0n) is 15.6. The van der Waals surface area contributed by atoms with E-state index < -0.39 is 32.8 Å². The quantitative estimate of drug-likeness (QED) is 0.408. The number of piperidine rings is 1. The maximum atomic E-state index is 14.3. The Kier molecular flexibility index (Phi) is 4.94. The lowest BCUT2D eigenvalue weighted by molar-refractivity contribution is -0.0512. The van der Waals surface area contributed by atoms with Gasteiger partial charge in [-0.25, -0.2) is 4.39 Å². The largest absolute Gasteiger partial charge is 0.534 e. The average molecular weight is 423 g/mol. The van der Waals surface area contributed by atoms with Gasteiger partial charge in [0, 0.05) is 37.5 Å². The molecule has 2 heterocycles. The van der Waals surface area contributed by atoms with E-state index in [0.717, 1.165) is 6.07 Å². The highest BCUT2D eigenvalue weighted by Gasteiger charge is 2.50. The van der Waals surface area contributed by atoms with E-state index in [1.54, 1.807) is 0 Å².